The lowest BCUT2D eigenvalue weighted by atomic mass is 10.3. The molecule has 0 aromatic heterocycles. The van der Waals surface area contributed by atoms with E-state index < -0.39 is 6.04 Å². The second-order valence-corrected chi connectivity index (χ2v) is 3.05. The first-order valence-electron chi connectivity index (χ1n) is 4.70. The van der Waals surface area contributed by atoms with Crippen molar-refractivity contribution in [2.24, 2.45) is 5.73 Å². The van der Waals surface area contributed by atoms with Gasteiger partial charge in [-0.1, -0.05) is 30.3 Å². The van der Waals surface area contributed by atoms with E-state index in [1.165, 1.54) is 0 Å². The Labute approximate surface area is 96.0 Å². The fraction of sp³-hybridized carbons (Fsp3) is 0.364. The SMILES string of the molecule is CCOC(=O)[C@@H](N)C[13c]1[13cH][13cH][13cH][13cH][13cH]1.Cl. The van der Waals surface area contributed by atoms with Gasteiger partial charge in [0.05, 0.1) is 6.61 Å². The van der Waals surface area contributed by atoms with E-state index >= 15 is 0 Å². The molecule has 0 aliphatic carbocycles. The van der Waals surface area contributed by atoms with E-state index in [9.17, 15) is 4.79 Å². The molecule has 2 N–H and O–H groups in total. The second-order valence-electron chi connectivity index (χ2n) is 3.05. The van der Waals surface area contributed by atoms with Crippen molar-refractivity contribution in [2.45, 2.75) is 19.4 Å². The third kappa shape index (κ3) is 4.81. The number of carbonyl (C=O) groups excluding carboxylic acids is 1. The number of halogens is 1. The molecule has 1 aromatic rings. The molecule has 0 amide bonds. The maximum absolute atomic E-state index is 11.2. The molecule has 0 radical (unpaired) electrons. The van der Waals surface area contributed by atoms with Gasteiger partial charge in [0, 0.05) is 0 Å². The quantitative estimate of drug-likeness (QED) is 0.806. The number of rotatable bonds is 4. The Morgan fingerprint density at radius 3 is 2.53 bits per heavy atom. The van der Waals surface area contributed by atoms with Gasteiger partial charge < -0.3 is 10.5 Å². The van der Waals surface area contributed by atoms with Crippen LogP contribution in [0.5, 0.6) is 0 Å². The highest BCUT2D eigenvalue weighted by atomic mass is 35.5. The summed E-state index contributed by atoms with van der Waals surface area (Å²) < 4.78 is 4.81. The predicted molar refractivity (Wildman–Crippen MR) is 62.0 cm³/mol. The number of nitrogens with two attached hydrogens (primary N) is 1. The molecule has 0 spiro atoms. The number of esters is 1. The highest BCUT2D eigenvalue weighted by molar-refractivity contribution is 5.85. The predicted octanol–water partition coefficient (Wildman–Crippen LogP) is 1.54. The molecule has 0 fully saturated rings. The Morgan fingerprint density at radius 1 is 1.40 bits per heavy atom. The van der Waals surface area contributed by atoms with Crippen LogP contribution in [0.4, 0.5) is 0 Å². The van der Waals surface area contributed by atoms with E-state index in [4.69, 9.17) is 10.5 Å². The Bertz CT molecular complexity index is 290. The molecule has 3 nitrogen and oxygen atoms in total. The van der Waals surface area contributed by atoms with Crippen molar-refractivity contribution in [1.29, 1.82) is 0 Å². The van der Waals surface area contributed by atoms with Crippen molar-refractivity contribution in [3.63, 3.8) is 0 Å². The maximum Gasteiger partial charge on any atom is 0.323 e. The number of benzene rings is 1. The molecule has 0 aliphatic heterocycles. The lowest BCUT2D eigenvalue weighted by Gasteiger charge is -2.09. The fourth-order valence-corrected chi connectivity index (χ4v) is 1.20. The van der Waals surface area contributed by atoms with E-state index in [-0.39, 0.29) is 18.4 Å². The van der Waals surface area contributed by atoms with Crippen LogP contribution in [0, 0.1) is 0 Å². The fourth-order valence-electron chi connectivity index (χ4n) is 1.20. The van der Waals surface area contributed by atoms with E-state index in [1.54, 1.807) is 6.92 Å². The van der Waals surface area contributed by atoms with Crippen LogP contribution < -0.4 is 5.73 Å². The summed E-state index contributed by atoms with van der Waals surface area (Å²) in [5.74, 6) is -0.337. The summed E-state index contributed by atoms with van der Waals surface area (Å²) in [7, 11) is 0. The van der Waals surface area contributed by atoms with Gasteiger partial charge in [0.1, 0.15) is 6.04 Å². The molecular formula is C11H16ClNO2. The van der Waals surface area contributed by atoms with Crippen molar-refractivity contribution in [1.82, 2.24) is 0 Å². The van der Waals surface area contributed by atoms with E-state index in [0.29, 0.717) is 13.0 Å². The van der Waals surface area contributed by atoms with Gasteiger partial charge in [-0.15, -0.1) is 12.4 Å². The maximum atomic E-state index is 11.2. The van der Waals surface area contributed by atoms with Crippen LogP contribution in [0.1, 0.15) is 12.5 Å². The molecule has 15 heavy (non-hydrogen) atoms. The van der Waals surface area contributed by atoms with Gasteiger partial charge >= 0.3 is 5.97 Å². The third-order valence-corrected chi connectivity index (χ3v) is 1.89. The van der Waals surface area contributed by atoms with Crippen molar-refractivity contribution in [3.05, 3.63) is 35.9 Å². The van der Waals surface area contributed by atoms with Crippen LogP contribution in [0.2, 0.25) is 0 Å². The summed E-state index contributed by atoms with van der Waals surface area (Å²) >= 11 is 0. The smallest absolute Gasteiger partial charge is 0.323 e. The van der Waals surface area contributed by atoms with Crippen LogP contribution in [0.3, 0.4) is 0 Å². The normalized spacial score (nSPS) is 11.3. The zero-order chi connectivity index (χ0) is 10.4. The van der Waals surface area contributed by atoms with Gasteiger partial charge in [0.2, 0.25) is 0 Å². The lowest BCUT2D eigenvalue weighted by Crippen LogP contribution is -2.34. The average molecular weight is 236 g/mol. The zero-order valence-corrected chi connectivity index (χ0v) is 9.50. The Hall–Kier alpha value is -1.06. The minimum Gasteiger partial charge on any atom is -0.465 e. The molecule has 84 valence electrons. The van der Waals surface area contributed by atoms with Crippen molar-refractivity contribution in [3.8, 4) is 0 Å². The van der Waals surface area contributed by atoms with Gasteiger partial charge in [-0.05, 0) is 18.9 Å². The van der Waals surface area contributed by atoms with Crippen LogP contribution in [-0.2, 0) is 16.0 Å². The molecule has 0 heterocycles. The van der Waals surface area contributed by atoms with Crippen LogP contribution in [-0.4, -0.2) is 18.6 Å². The first kappa shape index (κ1) is 13.9. The van der Waals surface area contributed by atoms with Gasteiger partial charge in [0.25, 0.3) is 0 Å². The minimum absolute atomic E-state index is 0. The topological polar surface area (TPSA) is 52.3 Å². The average Bonchev–Trinajstić information content (AvgIpc) is 2.19. The highest BCUT2D eigenvalue weighted by Gasteiger charge is 2.14. The summed E-state index contributed by atoms with van der Waals surface area (Å²) in [6.45, 7) is 2.15. The van der Waals surface area contributed by atoms with Gasteiger partial charge in [-0.2, -0.15) is 0 Å². The Balaban J connectivity index is 0.00000196. The van der Waals surface area contributed by atoms with Crippen molar-refractivity contribution >= 4 is 18.4 Å². The minimum atomic E-state index is -0.558. The Kier molecular flexibility index (Phi) is 6.75. The van der Waals surface area contributed by atoms with E-state index in [2.05, 4.69) is 0 Å². The standard InChI is InChI=1S/C11H15NO2.ClH/c1-2-14-11(13)10(12)8-9-6-4-3-5-7-9;/h3-7,10H,2,8,12H2,1H3;1H/t10-;/m0./s1/i3+1,4+1,5+1,6+1,7+1,9+1;. The van der Waals surface area contributed by atoms with Crippen LogP contribution >= 0.6 is 12.4 Å². The second kappa shape index (κ2) is 7.26. The molecule has 0 saturated heterocycles. The van der Waals surface area contributed by atoms with Gasteiger partial charge in [-0.25, -0.2) is 0 Å². The lowest BCUT2D eigenvalue weighted by molar-refractivity contribution is -0.144. The molecule has 0 saturated carbocycles. The van der Waals surface area contributed by atoms with Gasteiger partial charge in [-0.3, -0.25) is 4.79 Å². The largest absolute Gasteiger partial charge is 0.465 e. The summed E-state index contributed by atoms with van der Waals surface area (Å²) in [6.07, 6.45) is 0.527. The molecule has 1 aromatic carbocycles. The molecule has 0 bridgehead atoms. The summed E-state index contributed by atoms with van der Waals surface area (Å²) in [4.78, 5) is 11.2. The van der Waals surface area contributed by atoms with Gasteiger partial charge in [0.15, 0.2) is 0 Å². The summed E-state index contributed by atoms with van der Waals surface area (Å²) in [5.41, 5.74) is 6.71. The number of hydrogen-bond acceptors (Lipinski definition) is 3. The zero-order valence-electron chi connectivity index (χ0n) is 8.68. The highest BCUT2D eigenvalue weighted by Crippen LogP contribution is 2.02. The number of ether oxygens (including phenoxy) is 1. The summed E-state index contributed by atoms with van der Waals surface area (Å²) in [5, 5.41) is 0. The first-order valence-corrected chi connectivity index (χ1v) is 4.70. The molecular weight excluding hydrogens is 220 g/mol. The van der Waals surface area contributed by atoms with Crippen LogP contribution in [0.15, 0.2) is 30.3 Å². The number of carbonyl (C=O) groups is 1. The van der Waals surface area contributed by atoms with Crippen LogP contribution in [0.25, 0.3) is 0 Å². The van der Waals surface area contributed by atoms with Crippen molar-refractivity contribution < 1.29 is 9.53 Å². The third-order valence-electron chi connectivity index (χ3n) is 1.89. The first-order chi connectivity index (χ1) is 6.74. The number of hydrogen-bond donors (Lipinski definition) is 1. The molecule has 1 rings (SSSR count). The Morgan fingerprint density at radius 2 is 2.00 bits per heavy atom. The van der Waals surface area contributed by atoms with Crippen molar-refractivity contribution in [2.75, 3.05) is 6.61 Å². The molecule has 0 aliphatic rings. The molecule has 0 unspecified atom stereocenters. The monoisotopic (exact) mass is 235 g/mol. The summed E-state index contributed by atoms with van der Waals surface area (Å²) in [6, 6.07) is 9.11. The van der Waals surface area contributed by atoms with E-state index in [0.717, 1.165) is 5.56 Å². The van der Waals surface area contributed by atoms with E-state index in [1.807, 2.05) is 30.3 Å². The molecule has 1 atom stereocenters. The molecule has 4 heteroatoms.